The summed E-state index contributed by atoms with van der Waals surface area (Å²) < 4.78 is 0. The van der Waals surface area contributed by atoms with Crippen molar-refractivity contribution in [2.45, 2.75) is 24.9 Å². The molecule has 0 spiro atoms. The number of urea groups is 1. The Kier molecular flexibility index (Phi) is 1.60. The molecule has 1 aliphatic carbocycles. The van der Waals surface area contributed by atoms with Crippen LogP contribution in [0.1, 0.15) is 12.8 Å². The van der Waals surface area contributed by atoms with Crippen LogP contribution >= 0.6 is 0 Å². The molecule has 3 amide bonds. The van der Waals surface area contributed by atoms with Gasteiger partial charge in [-0.25, -0.2) is 4.79 Å². The number of carbonyl (C=O) groups excluding carboxylic acids is 2. The zero-order valence-electron chi connectivity index (χ0n) is 8.27. The minimum atomic E-state index is -0.542. The van der Waals surface area contributed by atoms with Crippen LogP contribution < -0.4 is 11.1 Å². The Hall–Kier alpha value is -1.52. The van der Waals surface area contributed by atoms with Gasteiger partial charge >= 0.3 is 6.03 Å². The van der Waals surface area contributed by atoms with Crippen LogP contribution in [0.15, 0.2) is 11.6 Å². The Labute approximate surface area is 87.3 Å². The van der Waals surface area contributed by atoms with Gasteiger partial charge in [0.15, 0.2) is 0 Å². The normalized spacial score (nSPS) is 33.7. The number of rotatable bonds is 2. The predicted molar refractivity (Wildman–Crippen MR) is 52.8 cm³/mol. The van der Waals surface area contributed by atoms with Gasteiger partial charge in [-0.2, -0.15) is 0 Å². The second-order valence-electron chi connectivity index (χ2n) is 4.44. The van der Waals surface area contributed by atoms with Crippen molar-refractivity contribution < 1.29 is 9.59 Å². The molecule has 2 aliphatic heterocycles. The van der Waals surface area contributed by atoms with E-state index in [1.54, 1.807) is 0 Å². The number of hydrogen-bond acceptors (Lipinski definition) is 2. The lowest BCUT2D eigenvalue weighted by atomic mass is 9.96. The molecule has 2 fully saturated rings. The second kappa shape index (κ2) is 2.74. The van der Waals surface area contributed by atoms with Crippen molar-refractivity contribution in [1.29, 1.82) is 0 Å². The van der Waals surface area contributed by atoms with E-state index in [0.717, 1.165) is 0 Å². The molecule has 0 aromatic rings. The molecule has 1 saturated heterocycles. The number of carbonyl (C=O) groups is 2. The smallest absolute Gasteiger partial charge is 0.318 e. The highest BCUT2D eigenvalue weighted by molar-refractivity contribution is 5.90. The summed E-state index contributed by atoms with van der Waals surface area (Å²) in [7, 11) is 0. The highest BCUT2D eigenvalue weighted by Crippen LogP contribution is 2.41. The maximum Gasteiger partial charge on any atom is 0.318 e. The fourth-order valence-corrected chi connectivity index (χ4v) is 2.45. The number of nitrogens with zero attached hydrogens (tertiary/aromatic N) is 1. The zero-order valence-corrected chi connectivity index (χ0v) is 8.27. The van der Waals surface area contributed by atoms with Gasteiger partial charge in [0.2, 0.25) is 5.91 Å². The second-order valence-corrected chi connectivity index (χ2v) is 4.44. The average Bonchev–Trinajstić information content (AvgIpc) is 2.95. The third kappa shape index (κ3) is 1.22. The molecular formula is C10H13N3O2. The number of nitrogens with two attached hydrogens (primary N) is 1. The van der Waals surface area contributed by atoms with E-state index in [0.29, 0.717) is 12.5 Å². The van der Waals surface area contributed by atoms with Gasteiger partial charge in [-0.3, -0.25) is 4.79 Å². The van der Waals surface area contributed by atoms with E-state index in [1.165, 1.54) is 23.3 Å². The lowest BCUT2D eigenvalue weighted by molar-refractivity contribution is -0.120. The maximum atomic E-state index is 11.5. The third-order valence-corrected chi connectivity index (χ3v) is 3.37. The Bertz CT molecular complexity index is 373. The highest BCUT2D eigenvalue weighted by Gasteiger charge is 2.45. The zero-order chi connectivity index (χ0) is 10.6. The van der Waals surface area contributed by atoms with E-state index in [1.807, 2.05) is 6.08 Å². The molecular weight excluding hydrogens is 194 g/mol. The molecule has 0 aromatic carbocycles. The van der Waals surface area contributed by atoms with Crippen LogP contribution in [0.2, 0.25) is 0 Å². The van der Waals surface area contributed by atoms with Gasteiger partial charge in [-0.05, 0) is 24.3 Å². The summed E-state index contributed by atoms with van der Waals surface area (Å²) in [5, 5.41) is 2.88. The summed E-state index contributed by atoms with van der Waals surface area (Å²) in [5.74, 6) is 0.126. The molecule has 1 saturated carbocycles. The quantitative estimate of drug-likeness (QED) is 0.604. The first-order valence-electron chi connectivity index (χ1n) is 5.25. The molecule has 15 heavy (non-hydrogen) atoms. The van der Waals surface area contributed by atoms with E-state index in [9.17, 15) is 9.59 Å². The average molecular weight is 207 g/mol. The first kappa shape index (κ1) is 8.76. The van der Waals surface area contributed by atoms with E-state index in [-0.39, 0.29) is 12.1 Å². The van der Waals surface area contributed by atoms with Gasteiger partial charge in [0.1, 0.15) is 6.04 Å². The number of nitrogens with one attached hydrogen (secondary N) is 1. The monoisotopic (exact) mass is 207 g/mol. The number of fused-ring (bicyclic) bond motifs is 2. The Morgan fingerprint density at radius 1 is 1.53 bits per heavy atom. The van der Waals surface area contributed by atoms with Gasteiger partial charge in [-0.15, -0.1) is 0 Å². The first-order valence-corrected chi connectivity index (χ1v) is 5.25. The molecule has 5 nitrogen and oxygen atoms in total. The van der Waals surface area contributed by atoms with Gasteiger partial charge in [-0.1, -0.05) is 6.08 Å². The number of amides is 3. The summed E-state index contributed by atoms with van der Waals surface area (Å²) >= 11 is 0. The molecule has 3 aliphatic rings. The summed E-state index contributed by atoms with van der Waals surface area (Å²) in [6, 6.07) is -0.601. The largest absolute Gasteiger partial charge is 0.368 e. The highest BCUT2D eigenvalue weighted by atomic mass is 16.2. The molecule has 0 aromatic heterocycles. The van der Waals surface area contributed by atoms with Crippen LogP contribution in [0.25, 0.3) is 0 Å². The van der Waals surface area contributed by atoms with E-state index < -0.39 is 11.9 Å². The number of primary amides is 1. The van der Waals surface area contributed by atoms with Crippen molar-refractivity contribution in [3.63, 3.8) is 0 Å². The first-order chi connectivity index (χ1) is 7.16. The standard InChI is InChI=1S/C10H13N3O2/c11-9(14)8-3-6(5-1-2-5)7-4-13(8)10(15)12-7/h3,5,7-8H,1-2,4H2,(H2,11,14)(H,12,15)/t7-,8-/m0/s1. The molecule has 2 bridgehead atoms. The Morgan fingerprint density at radius 3 is 2.87 bits per heavy atom. The van der Waals surface area contributed by atoms with Crippen molar-refractivity contribution in [2.24, 2.45) is 11.7 Å². The fourth-order valence-electron chi connectivity index (χ4n) is 2.45. The van der Waals surface area contributed by atoms with E-state index in [2.05, 4.69) is 5.32 Å². The fraction of sp³-hybridized carbons (Fsp3) is 0.600. The lowest BCUT2D eigenvalue weighted by Gasteiger charge is -2.27. The van der Waals surface area contributed by atoms with Crippen molar-refractivity contribution >= 4 is 11.9 Å². The summed E-state index contributed by atoms with van der Waals surface area (Å²) in [6.45, 7) is 0.592. The molecule has 2 heterocycles. The van der Waals surface area contributed by atoms with Gasteiger partial charge in [0, 0.05) is 6.54 Å². The Morgan fingerprint density at radius 2 is 2.27 bits per heavy atom. The summed E-state index contributed by atoms with van der Waals surface area (Å²) in [6.07, 6.45) is 4.22. The van der Waals surface area contributed by atoms with Gasteiger partial charge in [0.25, 0.3) is 0 Å². The number of hydrogen-bond donors (Lipinski definition) is 2. The molecule has 3 N–H and O–H groups in total. The van der Waals surface area contributed by atoms with Gasteiger partial charge in [0.05, 0.1) is 6.04 Å². The SMILES string of the molecule is NC(=O)[C@@H]1C=C(C2CC2)[C@@H]2CN1C(=O)N2. The van der Waals surface area contributed by atoms with Crippen LogP contribution in [0, 0.1) is 5.92 Å². The third-order valence-electron chi connectivity index (χ3n) is 3.37. The van der Waals surface area contributed by atoms with Crippen molar-refractivity contribution in [1.82, 2.24) is 10.2 Å². The topological polar surface area (TPSA) is 75.4 Å². The van der Waals surface area contributed by atoms with Crippen molar-refractivity contribution in [2.75, 3.05) is 6.54 Å². The molecule has 2 atom stereocenters. The molecule has 3 rings (SSSR count). The minimum absolute atomic E-state index is 0.112. The van der Waals surface area contributed by atoms with Crippen LogP contribution in [-0.2, 0) is 4.79 Å². The molecule has 80 valence electrons. The minimum Gasteiger partial charge on any atom is -0.368 e. The van der Waals surface area contributed by atoms with Crippen LogP contribution in [0.5, 0.6) is 0 Å². The molecule has 0 unspecified atom stereocenters. The maximum absolute atomic E-state index is 11.5. The summed E-state index contributed by atoms with van der Waals surface area (Å²) in [5.41, 5.74) is 6.50. The van der Waals surface area contributed by atoms with E-state index >= 15 is 0 Å². The van der Waals surface area contributed by atoms with Crippen LogP contribution in [0.3, 0.4) is 0 Å². The van der Waals surface area contributed by atoms with Crippen molar-refractivity contribution in [3.8, 4) is 0 Å². The summed E-state index contributed by atoms with van der Waals surface area (Å²) in [4.78, 5) is 24.3. The Balaban J connectivity index is 1.96. The predicted octanol–water partition coefficient (Wildman–Crippen LogP) is -0.416. The lowest BCUT2D eigenvalue weighted by Crippen LogP contribution is -2.46. The van der Waals surface area contributed by atoms with E-state index in [4.69, 9.17) is 5.73 Å². The van der Waals surface area contributed by atoms with Crippen molar-refractivity contribution in [3.05, 3.63) is 11.6 Å². The van der Waals surface area contributed by atoms with Crippen LogP contribution in [-0.4, -0.2) is 35.5 Å². The van der Waals surface area contributed by atoms with Gasteiger partial charge < -0.3 is 16.0 Å². The van der Waals surface area contributed by atoms with Crippen LogP contribution in [0.4, 0.5) is 4.79 Å². The molecule has 0 radical (unpaired) electrons. The molecule has 5 heteroatoms.